The molecule has 0 radical (unpaired) electrons. The van der Waals surface area contributed by atoms with E-state index in [0.29, 0.717) is 0 Å². The van der Waals surface area contributed by atoms with Crippen molar-refractivity contribution < 1.29 is 5.11 Å². The fourth-order valence-electron chi connectivity index (χ4n) is 0.269. The Morgan fingerprint density at radius 3 is 2.71 bits per heavy atom. The molecule has 0 aliphatic heterocycles. The van der Waals surface area contributed by atoms with Gasteiger partial charge in [0.25, 0.3) is 0 Å². The van der Waals surface area contributed by atoms with Crippen molar-refractivity contribution in [2.75, 3.05) is 0 Å². The molecule has 7 heavy (non-hydrogen) atoms. The normalized spacial score (nSPS) is 6.86. The number of hydrogen-bond acceptors (Lipinski definition) is 1. The lowest BCUT2D eigenvalue weighted by Crippen LogP contribution is -1.65. The molecule has 0 heterocycles. The summed E-state index contributed by atoms with van der Waals surface area (Å²) in [5, 5.41) is 7.91. The molecule has 0 spiro atoms. The van der Waals surface area contributed by atoms with Crippen LogP contribution in [0.4, 0.5) is 0 Å². The molecule has 0 aromatic rings. The summed E-state index contributed by atoms with van der Waals surface area (Å²) in [5.74, 6) is 2.51. The zero-order valence-corrected chi connectivity index (χ0v) is 4.28. The second kappa shape index (κ2) is 5.23. The highest BCUT2D eigenvalue weighted by molar-refractivity contribution is 4.88. The molecule has 0 unspecified atom stereocenters. The van der Waals surface area contributed by atoms with E-state index in [-0.39, 0.29) is 0 Å². The third kappa shape index (κ3) is 5.23. The van der Waals surface area contributed by atoms with E-state index in [1.165, 1.54) is 0 Å². The van der Waals surface area contributed by atoms with E-state index < -0.39 is 0 Å². The number of rotatable bonds is 2. The molecule has 1 N–H and O–H groups in total. The summed E-state index contributed by atoms with van der Waals surface area (Å²) in [6, 6.07) is 0. The smallest absolute Gasteiger partial charge is 0.107 e. The summed E-state index contributed by atoms with van der Waals surface area (Å²) in [5.41, 5.74) is 0. The van der Waals surface area contributed by atoms with E-state index in [1.54, 1.807) is 0 Å². The van der Waals surface area contributed by atoms with Gasteiger partial charge in [0.05, 0.1) is 13.3 Å². The largest absolute Gasteiger partial charge is 0.462 e. The van der Waals surface area contributed by atoms with Gasteiger partial charge in [-0.15, -0.1) is 0 Å². The van der Waals surface area contributed by atoms with E-state index in [0.717, 1.165) is 19.3 Å². The van der Waals surface area contributed by atoms with E-state index in [9.17, 15) is 0 Å². The average molecular weight is 97.1 g/mol. The molecule has 0 aliphatic carbocycles. The molecule has 0 fully saturated rings. The zero-order chi connectivity index (χ0) is 5.54. The molecule has 0 bridgehead atoms. The Labute approximate surface area is 44.4 Å². The Morgan fingerprint density at radius 2 is 2.29 bits per heavy atom. The number of aliphatic hydroxyl groups is 1. The zero-order valence-electron chi connectivity index (χ0n) is 4.28. The summed E-state index contributed by atoms with van der Waals surface area (Å²) in [7, 11) is 0. The second-order valence-corrected chi connectivity index (χ2v) is 1.25. The minimum atomic E-state index is 0.764. The summed E-state index contributed by atoms with van der Waals surface area (Å²) in [6.45, 7) is 3.61. The first kappa shape index (κ1) is 6.23. The van der Waals surface area contributed by atoms with E-state index >= 15 is 0 Å². The maximum atomic E-state index is 7.91. The first-order valence-electron chi connectivity index (χ1n) is 2.33. The van der Waals surface area contributed by atoms with Crippen molar-refractivity contribution in [3.05, 3.63) is 6.92 Å². The topological polar surface area (TPSA) is 20.2 Å². The summed E-state index contributed by atoms with van der Waals surface area (Å²) in [4.78, 5) is 0. The summed E-state index contributed by atoms with van der Waals surface area (Å²) >= 11 is 0. The van der Waals surface area contributed by atoms with Gasteiger partial charge in [0.2, 0.25) is 0 Å². The minimum Gasteiger partial charge on any atom is -0.462 e. The van der Waals surface area contributed by atoms with Gasteiger partial charge in [-0.05, 0) is 6.42 Å². The summed E-state index contributed by atoms with van der Waals surface area (Å²) in [6.07, 6.45) is 4.47. The monoisotopic (exact) mass is 97.1 g/mol. The SMILES string of the molecule is [CH2+]CCCC#CO. The highest BCUT2D eigenvalue weighted by atomic mass is 16.2. The van der Waals surface area contributed by atoms with Crippen LogP contribution in [0.1, 0.15) is 19.3 Å². The van der Waals surface area contributed by atoms with Crippen molar-refractivity contribution in [2.45, 2.75) is 19.3 Å². The molecule has 0 saturated heterocycles. The van der Waals surface area contributed by atoms with Crippen LogP contribution in [-0.4, -0.2) is 5.11 Å². The van der Waals surface area contributed by atoms with Crippen molar-refractivity contribution >= 4 is 0 Å². The van der Waals surface area contributed by atoms with Gasteiger partial charge in [-0.1, -0.05) is 5.92 Å². The molecule has 0 aromatic heterocycles. The molecular formula is C6H9O+. The van der Waals surface area contributed by atoms with Crippen molar-refractivity contribution in [3.63, 3.8) is 0 Å². The van der Waals surface area contributed by atoms with Gasteiger partial charge >= 0.3 is 0 Å². The van der Waals surface area contributed by atoms with Crippen LogP contribution >= 0.6 is 0 Å². The Balaban J connectivity index is 2.78. The molecule has 0 aliphatic rings. The minimum absolute atomic E-state index is 0.764. The fraction of sp³-hybridized carbons (Fsp3) is 0.500. The van der Waals surface area contributed by atoms with Crippen molar-refractivity contribution in [1.82, 2.24) is 0 Å². The van der Waals surface area contributed by atoms with Gasteiger partial charge in [0.15, 0.2) is 0 Å². The fourth-order valence-corrected chi connectivity index (χ4v) is 0.269. The Kier molecular flexibility index (Phi) is 4.65. The molecule has 0 amide bonds. The van der Waals surface area contributed by atoms with Crippen LogP contribution < -0.4 is 0 Å². The Hall–Kier alpha value is -0.770. The lowest BCUT2D eigenvalue weighted by Gasteiger charge is -1.75. The molecule has 0 rings (SSSR count). The van der Waals surface area contributed by atoms with Gasteiger partial charge < -0.3 is 5.11 Å². The average Bonchev–Trinajstić information content (AvgIpc) is 1.69. The quantitative estimate of drug-likeness (QED) is 0.313. The van der Waals surface area contributed by atoms with Gasteiger partial charge in [-0.3, -0.25) is 0 Å². The number of unbranched alkanes of at least 4 members (excludes halogenated alkanes) is 2. The van der Waals surface area contributed by atoms with Crippen LogP contribution in [0.2, 0.25) is 0 Å². The van der Waals surface area contributed by atoms with Gasteiger partial charge in [0.1, 0.15) is 6.11 Å². The first-order chi connectivity index (χ1) is 3.41. The van der Waals surface area contributed by atoms with Crippen LogP contribution in [0.3, 0.4) is 0 Å². The third-order valence-electron chi connectivity index (χ3n) is 0.631. The van der Waals surface area contributed by atoms with Crippen molar-refractivity contribution in [1.29, 1.82) is 0 Å². The molecule has 0 atom stereocenters. The van der Waals surface area contributed by atoms with Crippen molar-refractivity contribution in [2.24, 2.45) is 0 Å². The first-order valence-corrected chi connectivity index (χ1v) is 2.33. The van der Waals surface area contributed by atoms with Crippen LogP contribution in [0.5, 0.6) is 0 Å². The maximum Gasteiger partial charge on any atom is 0.107 e. The van der Waals surface area contributed by atoms with Crippen LogP contribution in [0.15, 0.2) is 0 Å². The van der Waals surface area contributed by atoms with E-state index in [4.69, 9.17) is 5.11 Å². The highest BCUT2D eigenvalue weighted by Gasteiger charge is 1.78. The number of hydrogen-bond donors (Lipinski definition) is 1. The predicted molar refractivity (Wildman–Crippen MR) is 28.9 cm³/mol. The van der Waals surface area contributed by atoms with E-state index in [2.05, 4.69) is 12.8 Å². The van der Waals surface area contributed by atoms with Crippen LogP contribution in [0.25, 0.3) is 0 Å². The standard InChI is InChI=1S/C6H8O/c1-2-3-4-5-6-7/h1-4H2/p+1. The van der Waals surface area contributed by atoms with Gasteiger partial charge in [-0.25, -0.2) is 0 Å². The predicted octanol–water partition coefficient (Wildman–Crippen LogP) is 1.32. The lowest BCUT2D eigenvalue weighted by molar-refractivity contribution is 0.516. The van der Waals surface area contributed by atoms with Crippen LogP contribution in [0, 0.1) is 19.0 Å². The molecule has 1 nitrogen and oxygen atoms in total. The Bertz CT molecular complexity index is 75.9. The molecule has 38 valence electrons. The van der Waals surface area contributed by atoms with Crippen LogP contribution in [-0.2, 0) is 0 Å². The van der Waals surface area contributed by atoms with Gasteiger partial charge in [0, 0.05) is 6.42 Å². The maximum absolute atomic E-state index is 7.91. The second-order valence-electron chi connectivity index (χ2n) is 1.25. The third-order valence-corrected chi connectivity index (χ3v) is 0.631. The molecular weight excluding hydrogens is 88.1 g/mol. The summed E-state index contributed by atoms with van der Waals surface area (Å²) < 4.78 is 0. The molecule has 0 aromatic carbocycles. The van der Waals surface area contributed by atoms with Crippen molar-refractivity contribution in [3.8, 4) is 12.0 Å². The van der Waals surface area contributed by atoms with Gasteiger partial charge in [-0.2, -0.15) is 0 Å². The number of aliphatic hydroxyl groups excluding tert-OH is 1. The molecule has 0 saturated carbocycles. The molecule has 1 heteroatoms. The Morgan fingerprint density at radius 1 is 1.57 bits per heavy atom. The lowest BCUT2D eigenvalue weighted by atomic mass is 10.3. The highest BCUT2D eigenvalue weighted by Crippen LogP contribution is 1.88. The van der Waals surface area contributed by atoms with E-state index in [1.807, 2.05) is 6.11 Å².